The Morgan fingerprint density at radius 2 is 2.10 bits per heavy atom. The monoisotopic (exact) mass is 279 g/mol. The lowest BCUT2D eigenvalue weighted by molar-refractivity contribution is -0.130. The zero-order valence-corrected chi connectivity index (χ0v) is 12.6. The highest BCUT2D eigenvalue weighted by atomic mass is 16.5. The molecule has 112 valence electrons. The predicted molar refractivity (Wildman–Crippen MR) is 77.7 cm³/mol. The van der Waals surface area contributed by atoms with Gasteiger partial charge < -0.3 is 14.6 Å². The molecule has 0 saturated heterocycles. The summed E-state index contributed by atoms with van der Waals surface area (Å²) < 4.78 is 11.2. The molecule has 0 radical (unpaired) electrons. The summed E-state index contributed by atoms with van der Waals surface area (Å²) in [6, 6.07) is 1.86. The van der Waals surface area contributed by atoms with Gasteiger partial charge in [-0.1, -0.05) is 6.92 Å². The maximum atomic E-state index is 10.8. The normalized spacial score (nSPS) is 28.1. The van der Waals surface area contributed by atoms with Crippen molar-refractivity contribution < 1.29 is 14.6 Å². The highest BCUT2D eigenvalue weighted by molar-refractivity contribution is 5.27. The molecule has 1 aliphatic carbocycles. The number of methoxy groups -OCH3 is 1. The van der Waals surface area contributed by atoms with Crippen LogP contribution in [-0.2, 0) is 4.74 Å². The fourth-order valence-corrected chi connectivity index (χ4v) is 2.97. The minimum Gasteiger partial charge on any atom is -0.492 e. The molecule has 0 bridgehead atoms. The highest BCUT2D eigenvalue weighted by Gasteiger charge is 2.41. The molecular formula is C16H25NO3. The van der Waals surface area contributed by atoms with Gasteiger partial charge in [-0.05, 0) is 44.6 Å². The second-order valence-electron chi connectivity index (χ2n) is 5.74. The van der Waals surface area contributed by atoms with Crippen molar-refractivity contribution in [2.75, 3.05) is 13.7 Å². The van der Waals surface area contributed by atoms with Crippen LogP contribution in [-0.4, -0.2) is 29.4 Å². The molecule has 4 heteroatoms. The van der Waals surface area contributed by atoms with Crippen molar-refractivity contribution in [1.82, 2.24) is 4.98 Å². The van der Waals surface area contributed by atoms with Gasteiger partial charge in [-0.2, -0.15) is 0 Å². The van der Waals surface area contributed by atoms with Crippen LogP contribution in [0.1, 0.15) is 51.2 Å². The topological polar surface area (TPSA) is 51.6 Å². The smallest absolute Gasteiger partial charge is 0.137 e. The molecule has 1 unspecified atom stereocenters. The molecule has 1 N–H and O–H groups in total. The molecule has 1 aromatic heterocycles. The molecule has 1 aliphatic rings. The first-order chi connectivity index (χ1) is 9.61. The number of ether oxygens (including phenoxy) is 2. The van der Waals surface area contributed by atoms with Gasteiger partial charge in [0.05, 0.1) is 18.4 Å². The molecule has 1 atom stereocenters. The van der Waals surface area contributed by atoms with E-state index in [0.717, 1.165) is 31.2 Å². The number of aliphatic hydroxyl groups excluding tert-OH is 1. The van der Waals surface area contributed by atoms with Crippen molar-refractivity contribution in [3.8, 4) is 5.75 Å². The van der Waals surface area contributed by atoms with Gasteiger partial charge in [-0.3, -0.25) is 4.98 Å². The molecular weight excluding hydrogens is 254 g/mol. The van der Waals surface area contributed by atoms with Gasteiger partial charge in [0.1, 0.15) is 11.9 Å². The summed E-state index contributed by atoms with van der Waals surface area (Å²) in [5.74, 6) is 1.40. The maximum Gasteiger partial charge on any atom is 0.137 e. The standard InChI is InChI=1S/C16H25NO3/c1-4-20-14-9-13(10-17-11-14)15(18)16(19-3)7-5-12(2)6-8-16/h9-12,15,18H,4-8H2,1-3H3. The first-order valence-electron chi connectivity index (χ1n) is 7.42. The van der Waals surface area contributed by atoms with E-state index < -0.39 is 11.7 Å². The van der Waals surface area contributed by atoms with Crippen LogP contribution in [0.15, 0.2) is 18.5 Å². The lowest BCUT2D eigenvalue weighted by atomic mass is 9.75. The van der Waals surface area contributed by atoms with E-state index in [4.69, 9.17) is 9.47 Å². The average molecular weight is 279 g/mol. The maximum absolute atomic E-state index is 10.8. The molecule has 0 spiro atoms. The van der Waals surface area contributed by atoms with E-state index in [-0.39, 0.29) is 0 Å². The summed E-state index contributed by atoms with van der Waals surface area (Å²) in [7, 11) is 1.69. The van der Waals surface area contributed by atoms with Crippen molar-refractivity contribution in [3.63, 3.8) is 0 Å². The van der Waals surface area contributed by atoms with E-state index in [0.29, 0.717) is 18.3 Å². The van der Waals surface area contributed by atoms with Crippen LogP contribution in [0.2, 0.25) is 0 Å². The average Bonchev–Trinajstić information content (AvgIpc) is 2.48. The van der Waals surface area contributed by atoms with Crippen molar-refractivity contribution in [2.45, 2.75) is 51.2 Å². The van der Waals surface area contributed by atoms with Crippen molar-refractivity contribution in [2.24, 2.45) is 5.92 Å². The van der Waals surface area contributed by atoms with E-state index in [2.05, 4.69) is 11.9 Å². The van der Waals surface area contributed by atoms with E-state index in [1.165, 1.54) is 0 Å². The first kappa shape index (κ1) is 15.3. The Kier molecular flexibility index (Phi) is 5.00. The largest absolute Gasteiger partial charge is 0.492 e. The molecule has 4 nitrogen and oxygen atoms in total. The minimum atomic E-state index is -0.659. The Balaban J connectivity index is 2.19. The SMILES string of the molecule is CCOc1cncc(C(O)C2(OC)CCC(C)CC2)c1. The van der Waals surface area contributed by atoms with Gasteiger partial charge in [-0.25, -0.2) is 0 Å². The van der Waals surface area contributed by atoms with E-state index in [9.17, 15) is 5.11 Å². The second kappa shape index (κ2) is 6.55. The summed E-state index contributed by atoms with van der Waals surface area (Å²) in [6.45, 7) is 4.78. The Morgan fingerprint density at radius 1 is 1.40 bits per heavy atom. The predicted octanol–water partition coefficient (Wildman–Crippen LogP) is 3.11. The van der Waals surface area contributed by atoms with Gasteiger partial charge >= 0.3 is 0 Å². The molecule has 2 rings (SSSR count). The van der Waals surface area contributed by atoms with Crippen molar-refractivity contribution >= 4 is 0 Å². The highest BCUT2D eigenvalue weighted by Crippen LogP contribution is 2.43. The second-order valence-corrected chi connectivity index (χ2v) is 5.74. The molecule has 0 aliphatic heterocycles. The Hall–Kier alpha value is -1.13. The third kappa shape index (κ3) is 3.13. The van der Waals surface area contributed by atoms with Gasteiger partial charge in [0.25, 0.3) is 0 Å². The van der Waals surface area contributed by atoms with Gasteiger partial charge in [-0.15, -0.1) is 0 Å². The van der Waals surface area contributed by atoms with Crippen LogP contribution in [0.5, 0.6) is 5.75 Å². The summed E-state index contributed by atoms with van der Waals surface area (Å²) in [4.78, 5) is 4.16. The number of aromatic nitrogens is 1. The van der Waals surface area contributed by atoms with E-state index in [1.807, 2.05) is 13.0 Å². The van der Waals surface area contributed by atoms with E-state index in [1.54, 1.807) is 19.5 Å². The molecule has 0 aromatic carbocycles. The van der Waals surface area contributed by atoms with Gasteiger partial charge in [0, 0.05) is 18.9 Å². The molecule has 0 amide bonds. The number of hydrogen-bond donors (Lipinski definition) is 1. The Morgan fingerprint density at radius 3 is 2.70 bits per heavy atom. The van der Waals surface area contributed by atoms with Crippen molar-refractivity contribution in [1.29, 1.82) is 0 Å². The lowest BCUT2D eigenvalue weighted by Gasteiger charge is -2.41. The van der Waals surface area contributed by atoms with Crippen LogP contribution in [0.25, 0.3) is 0 Å². The summed E-state index contributed by atoms with van der Waals surface area (Å²) in [5, 5.41) is 10.8. The number of hydrogen-bond acceptors (Lipinski definition) is 4. The quantitative estimate of drug-likeness (QED) is 0.899. The minimum absolute atomic E-state index is 0.487. The molecule has 1 fully saturated rings. The number of aliphatic hydroxyl groups is 1. The van der Waals surface area contributed by atoms with Crippen LogP contribution >= 0.6 is 0 Å². The lowest BCUT2D eigenvalue weighted by Crippen LogP contribution is -2.42. The molecule has 20 heavy (non-hydrogen) atoms. The van der Waals surface area contributed by atoms with Crippen LogP contribution in [0.4, 0.5) is 0 Å². The van der Waals surface area contributed by atoms with Crippen LogP contribution < -0.4 is 4.74 Å². The van der Waals surface area contributed by atoms with Gasteiger partial charge in [0.2, 0.25) is 0 Å². The Bertz CT molecular complexity index is 427. The number of rotatable bonds is 5. The van der Waals surface area contributed by atoms with Gasteiger partial charge in [0.15, 0.2) is 0 Å². The van der Waals surface area contributed by atoms with Crippen LogP contribution in [0, 0.1) is 5.92 Å². The fraction of sp³-hybridized carbons (Fsp3) is 0.688. The number of pyridine rings is 1. The molecule has 1 aromatic rings. The zero-order chi connectivity index (χ0) is 14.6. The van der Waals surface area contributed by atoms with E-state index >= 15 is 0 Å². The number of nitrogens with zero attached hydrogens (tertiary/aromatic N) is 1. The summed E-state index contributed by atoms with van der Waals surface area (Å²) in [5.41, 5.74) is 0.284. The zero-order valence-electron chi connectivity index (χ0n) is 12.6. The first-order valence-corrected chi connectivity index (χ1v) is 7.42. The fourth-order valence-electron chi connectivity index (χ4n) is 2.97. The van der Waals surface area contributed by atoms with Crippen molar-refractivity contribution in [3.05, 3.63) is 24.0 Å². The Labute approximate surface area is 121 Å². The summed E-state index contributed by atoms with van der Waals surface area (Å²) >= 11 is 0. The van der Waals surface area contributed by atoms with Crippen LogP contribution in [0.3, 0.4) is 0 Å². The summed E-state index contributed by atoms with van der Waals surface area (Å²) in [6.07, 6.45) is 6.64. The third-order valence-corrected chi connectivity index (χ3v) is 4.39. The third-order valence-electron chi connectivity index (χ3n) is 4.39. The molecule has 1 heterocycles. The molecule has 1 saturated carbocycles.